The number of hydrogen-bond donors (Lipinski definition) is 1. The highest BCUT2D eigenvalue weighted by atomic mass is 35.5. The molecule has 0 saturated heterocycles. The van der Waals surface area contributed by atoms with Gasteiger partial charge in [-0.15, -0.1) is 0 Å². The summed E-state index contributed by atoms with van der Waals surface area (Å²) >= 11 is 0. The van der Waals surface area contributed by atoms with Crippen LogP contribution in [0.15, 0.2) is 54.6 Å². The lowest BCUT2D eigenvalue weighted by atomic mass is 10.2. The van der Waals surface area contributed by atoms with Crippen molar-refractivity contribution in [3.05, 3.63) is 65.1 Å². The van der Waals surface area contributed by atoms with Gasteiger partial charge in [-0.1, -0.05) is 18.2 Å². The van der Waals surface area contributed by atoms with Crippen LogP contribution in [0.1, 0.15) is 5.56 Å². The van der Waals surface area contributed by atoms with Crippen molar-refractivity contribution in [1.82, 2.24) is 0 Å². The minimum atomic E-state index is -3.45. The molecule has 104 valence electrons. The van der Waals surface area contributed by atoms with Crippen LogP contribution in [-0.4, -0.2) is 8.42 Å². The van der Waals surface area contributed by atoms with Gasteiger partial charge in [0.15, 0.2) is 4.98 Å². The fraction of sp³-hybridized carbons (Fsp3) is 0.0769. The first-order chi connectivity index (χ1) is 9.09. The number of halogens is 1. The van der Waals surface area contributed by atoms with Crippen LogP contribution >= 0.6 is 0 Å². The molecule has 0 amide bonds. The minimum Gasteiger partial charge on any atom is -1.00 e. The van der Waals surface area contributed by atoms with E-state index in [1.165, 1.54) is 0 Å². The lowest BCUT2D eigenvalue weighted by molar-refractivity contribution is -0.00000654. The first-order valence-electron chi connectivity index (χ1n) is 5.59. The molecule has 0 bridgehead atoms. The Bertz CT molecular complexity index is 695. The Morgan fingerprint density at radius 2 is 1.60 bits per heavy atom. The standard InChI is InChI=1S/C13H12N3O2S.ClH/c14-15-12-8-6-11(7-9-12)10-19(17,18)16-13-4-2-1-3-5-13;/h1-9,16H,10H2;1H/q+1;/p-1. The highest BCUT2D eigenvalue weighted by Crippen LogP contribution is 2.16. The van der Waals surface area contributed by atoms with Gasteiger partial charge in [0.1, 0.15) is 0 Å². The van der Waals surface area contributed by atoms with Gasteiger partial charge in [0.25, 0.3) is 0 Å². The van der Waals surface area contributed by atoms with Crippen LogP contribution in [0.2, 0.25) is 0 Å². The number of rotatable bonds is 4. The molecule has 0 unspecified atom stereocenters. The summed E-state index contributed by atoms with van der Waals surface area (Å²) < 4.78 is 26.4. The summed E-state index contributed by atoms with van der Waals surface area (Å²) in [4.78, 5) is 3.01. The van der Waals surface area contributed by atoms with E-state index in [1.807, 2.05) is 6.07 Å². The highest BCUT2D eigenvalue weighted by Gasteiger charge is 2.12. The van der Waals surface area contributed by atoms with Crippen LogP contribution in [0.4, 0.5) is 11.4 Å². The molecular formula is C13H12ClN3O2S. The molecule has 0 aliphatic heterocycles. The topological polar surface area (TPSA) is 74.3 Å². The summed E-state index contributed by atoms with van der Waals surface area (Å²) in [6.07, 6.45) is 0. The molecule has 1 N–H and O–H groups in total. The van der Waals surface area contributed by atoms with Crippen LogP contribution in [0.25, 0.3) is 4.98 Å². The molecule has 0 atom stereocenters. The normalized spacial score (nSPS) is 10.2. The van der Waals surface area contributed by atoms with Gasteiger partial charge in [0, 0.05) is 17.8 Å². The quantitative estimate of drug-likeness (QED) is 0.815. The second kappa shape index (κ2) is 6.89. The zero-order chi connectivity index (χ0) is 13.7. The molecule has 0 saturated carbocycles. The molecule has 5 nitrogen and oxygen atoms in total. The number of sulfonamides is 1. The molecule has 0 fully saturated rings. The SMILES string of the molecule is N#[N+]c1ccc(CS(=O)(=O)Nc2ccccc2)cc1.[Cl-]. The van der Waals surface area contributed by atoms with Crippen molar-refractivity contribution >= 4 is 21.4 Å². The van der Waals surface area contributed by atoms with Crippen molar-refractivity contribution in [2.24, 2.45) is 0 Å². The monoisotopic (exact) mass is 309 g/mol. The summed E-state index contributed by atoms with van der Waals surface area (Å²) in [7, 11) is -3.45. The van der Waals surface area contributed by atoms with Crippen LogP contribution in [0.5, 0.6) is 0 Å². The van der Waals surface area contributed by atoms with E-state index < -0.39 is 10.0 Å². The largest absolute Gasteiger partial charge is 1.00 e. The molecule has 0 heterocycles. The molecule has 7 heteroatoms. The third-order valence-corrected chi connectivity index (χ3v) is 3.72. The Labute approximate surface area is 123 Å². The fourth-order valence-electron chi connectivity index (χ4n) is 1.60. The van der Waals surface area contributed by atoms with Crippen molar-refractivity contribution in [2.45, 2.75) is 5.75 Å². The summed E-state index contributed by atoms with van der Waals surface area (Å²) in [6.45, 7) is 0. The molecule has 2 aromatic rings. The van der Waals surface area contributed by atoms with Gasteiger partial charge >= 0.3 is 5.69 Å². The lowest BCUT2D eigenvalue weighted by Gasteiger charge is -2.07. The number of diazo groups is 1. The van der Waals surface area contributed by atoms with Gasteiger partial charge in [-0.3, -0.25) is 4.72 Å². The molecule has 2 aromatic carbocycles. The number of benzene rings is 2. The second-order valence-corrected chi connectivity index (χ2v) is 5.72. The lowest BCUT2D eigenvalue weighted by Crippen LogP contribution is -3.00. The summed E-state index contributed by atoms with van der Waals surface area (Å²) in [6, 6.07) is 15.0. The summed E-state index contributed by atoms with van der Waals surface area (Å²) in [5, 5.41) is 8.55. The number of para-hydroxylation sites is 1. The Morgan fingerprint density at radius 3 is 2.15 bits per heavy atom. The van der Waals surface area contributed by atoms with Crippen molar-refractivity contribution < 1.29 is 20.8 Å². The highest BCUT2D eigenvalue weighted by molar-refractivity contribution is 7.91. The van der Waals surface area contributed by atoms with Crippen molar-refractivity contribution in [3.63, 3.8) is 0 Å². The molecular weight excluding hydrogens is 298 g/mol. The predicted octanol–water partition coefficient (Wildman–Crippen LogP) is 0.117. The van der Waals surface area contributed by atoms with Crippen molar-refractivity contribution in [1.29, 1.82) is 5.39 Å². The number of hydrogen-bond acceptors (Lipinski definition) is 3. The maximum absolute atomic E-state index is 11.9. The Hall–Kier alpha value is -2.10. The molecule has 0 spiro atoms. The van der Waals surface area contributed by atoms with Crippen LogP contribution < -0.4 is 17.1 Å². The number of anilines is 1. The first-order valence-corrected chi connectivity index (χ1v) is 7.24. The van der Waals surface area contributed by atoms with E-state index in [-0.39, 0.29) is 18.2 Å². The van der Waals surface area contributed by atoms with Crippen LogP contribution in [0, 0.1) is 5.39 Å². The van der Waals surface area contributed by atoms with Gasteiger partial charge in [-0.05, 0) is 29.8 Å². The average molecular weight is 310 g/mol. The van der Waals surface area contributed by atoms with E-state index in [0.717, 1.165) is 0 Å². The van der Waals surface area contributed by atoms with E-state index in [1.54, 1.807) is 48.5 Å². The van der Waals surface area contributed by atoms with Gasteiger partial charge in [0.2, 0.25) is 15.4 Å². The molecule has 20 heavy (non-hydrogen) atoms. The predicted molar refractivity (Wildman–Crippen MR) is 73.9 cm³/mol. The third kappa shape index (κ3) is 4.53. The summed E-state index contributed by atoms with van der Waals surface area (Å²) in [5.41, 5.74) is 1.54. The first kappa shape index (κ1) is 16.0. The second-order valence-electron chi connectivity index (χ2n) is 3.99. The Morgan fingerprint density at radius 1 is 1.00 bits per heavy atom. The van der Waals surface area contributed by atoms with Gasteiger partial charge in [0.05, 0.1) is 5.75 Å². The smallest absolute Gasteiger partial charge is 0.385 e. The van der Waals surface area contributed by atoms with Gasteiger partial charge in [-0.25, -0.2) is 8.42 Å². The molecule has 2 rings (SSSR count). The van der Waals surface area contributed by atoms with E-state index in [9.17, 15) is 8.42 Å². The Balaban J connectivity index is 0.00000200. The van der Waals surface area contributed by atoms with Gasteiger partial charge in [-0.2, -0.15) is 0 Å². The zero-order valence-corrected chi connectivity index (χ0v) is 12.0. The van der Waals surface area contributed by atoms with E-state index >= 15 is 0 Å². The Kier molecular flexibility index (Phi) is 5.50. The molecule has 0 aliphatic carbocycles. The average Bonchev–Trinajstić information content (AvgIpc) is 2.39. The summed E-state index contributed by atoms with van der Waals surface area (Å²) in [5.74, 6) is -0.131. The van der Waals surface area contributed by atoms with Gasteiger partial charge < -0.3 is 12.4 Å². The maximum Gasteiger partial charge on any atom is 0.385 e. The number of nitrogens with zero attached hydrogens (tertiary/aromatic N) is 2. The number of nitrogens with one attached hydrogen (secondary N) is 1. The van der Waals surface area contributed by atoms with Crippen molar-refractivity contribution in [2.75, 3.05) is 4.72 Å². The van der Waals surface area contributed by atoms with Crippen LogP contribution in [-0.2, 0) is 15.8 Å². The van der Waals surface area contributed by atoms with E-state index in [0.29, 0.717) is 16.9 Å². The van der Waals surface area contributed by atoms with E-state index in [4.69, 9.17) is 5.39 Å². The van der Waals surface area contributed by atoms with E-state index in [2.05, 4.69) is 9.70 Å². The fourth-order valence-corrected chi connectivity index (χ4v) is 2.80. The maximum atomic E-state index is 11.9. The van der Waals surface area contributed by atoms with Crippen LogP contribution in [0.3, 0.4) is 0 Å². The molecule has 0 aliphatic rings. The van der Waals surface area contributed by atoms with Crippen molar-refractivity contribution in [3.8, 4) is 0 Å². The third-order valence-electron chi connectivity index (χ3n) is 2.46. The molecule has 0 radical (unpaired) electrons. The zero-order valence-electron chi connectivity index (χ0n) is 10.4. The minimum absolute atomic E-state index is 0. The molecule has 0 aromatic heterocycles.